The molecule has 1 aliphatic heterocycles. The summed E-state index contributed by atoms with van der Waals surface area (Å²) in [5, 5.41) is 0. The molecule has 1 aliphatic rings. The van der Waals surface area contributed by atoms with Crippen molar-refractivity contribution in [1.29, 1.82) is 0 Å². The Morgan fingerprint density at radius 3 is 2.32 bits per heavy atom. The predicted octanol–water partition coefficient (Wildman–Crippen LogP) is 2.73. The van der Waals surface area contributed by atoms with Crippen LogP contribution in [-0.4, -0.2) is 12.5 Å². The number of rotatable bonds is 2. The average molecular weight is 323 g/mol. The van der Waals surface area contributed by atoms with Gasteiger partial charge in [0.2, 0.25) is 0 Å². The van der Waals surface area contributed by atoms with Crippen LogP contribution in [0.25, 0.3) is 0 Å². The van der Waals surface area contributed by atoms with Crippen LogP contribution >= 0.6 is 0 Å². The molecule has 0 spiro atoms. The van der Waals surface area contributed by atoms with Crippen molar-refractivity contribution >= 4 is 5.90 Å². The third kappa shape index (κ3) is 4.20. The first-order valence-electron chi connectivity index (χ1n) is 6.41. The zero-order valence-corrected chi connectivity index (χ0v) is 12.6. The van der Waals surface area contributed by atoms with Crippen LogP contribution in [0.1, 0.15) is 17.2 Å². The van der Waals surface area contributed by atoms with Crippen molar-refractivity contribution in [2.75, 3.05) is 6.61 Å². The molecule has 1 atom stereocenters. The van der Waals surface area contributed by atoms with Gasteiger partial charge in [0.05, 0.1) is 0 Å². The largest absolute Gasteiger partial charge is 0.999 e. The fourth-order valence-corrected chi connectivity index (χ4v) is 1.86. The zero-order valence-electron chi connectivity index (χ0n) is 11.5. The maximum atomic E-state index is 5.51. The molecule has 3 heteroatoms. The molecule has 0 radical (unpaired) electrons. The van der Waals surface area contributed by atoms with Gasteiger partial charge < -0.3 is 64.9 Å². The van der Waals surface area contributed by atoms with Gasteiger partial charge in [-0.05, 0) is 11.5 Å². The van der Waals surface area contributed by atoms with E-state index >= 15 is 0 Å². The molecule has 0 amide bonds. The van der Waals surface area contributed by atoms with Crippen LogP contribution in [0.2, 0.25) is 0 Å². The van der Waals surface area contributed by atoms with Crippen molar-refractivity contribution in [3.05, 3.63) is 96.1 Å². The minimum atomic E-state index is 0. The summed E-state index contributed by atoms with van der Waals surface area (Å²) < 4.78 is 5.51. The van der Waals surface area contributed by atoms with Crippen LogP contribution in [0, 0.1) is 48.5 Å². The molecule has 1 heterocycles. The molecule has 0 saturated heterocycles. The molecular formula is C19H9FeNO-10. The van der Waals surface area contributed by atoms with Crippen LogP contribution in [0.15, 0.2) is 41.4 Å². The van der Waals surface area contributed by atoms with E-state index < -0.39 is 0 Å². The fraction of sp³-hybridized carbons (Fsp3) is 0.105. The second-order valence-electron chi connectivity index (χ2n) is 4.23. The van der Waals surface area contributed by atoms with Crippen molar-refractivity contribution in [2.45, 2.75) is 6.04 Å². The van der Waals surface area contributed by atoms with Crippen LogP contribution in [-0.2, 0) is 21.8 Å². The van der Waals surface area contributed by atoms with E-state index in [9.17, 15) is 0 Å². The molecule has 3 aromatic carbocycles. The second kappa shape index (κ2) is 8.38. The van der Waals surface area contributed by atoms with E-state index in [2.05, 4.69) is 65.7 Å². The summed E-state index contributed by atoms with van der Waals surface area (Å²) in [6, 6.07) is 33.3. The third-order valence-electron chi connectivity index (χ3n) is 2.84. The molecule has 114 valence electrons. The van der Waals surface area contributed by atoms with E-state index in [1.807, 2.05) is 18.2 Å². The average Bonchev–Trinajstić information content (AvgIpc) is 3.30. The topological polar surface area (TPSA) is 21.6 Å². The Morgan fingerprint density at radius 2 is 1.73 bits per heavy atom. The second-order valence-corrected chi connectivity index (χ2v) is 4.23. The molecule has 0 saturated carbocycles. The molecule has 0 bridgehead atoms. The van der Waals surface area contributed by atoms with E-state index in [0.29, 0.717) is 18.1 Å². The van der Waals surface area contributed by atoms with Crippen molar-refractivity contribution in [3.63, 3.8) is 0 Å². The summed E-state index contributed by atoms with van der Waals surface area (Å²) in [6.45, 7) is 0.576. The number of ether oxygens (including phenoxy) is 1. The monoisotopic (exact) mass is 323 g/mol. The number of aliphatic imine (C=N–C) groups is 1. The predicted molar refractivity (Wildman–Crippen MR) is 76.4 cm³/mol. The molecular weight excluding hydrogens is 314 g/mol. The van der Waals surface area contributed by atoms with Gasteiger partial charge in [-0.2, -0.15) is 0 Å². The van der Waals surface area contributed by atoms with Crippen LogP contribution in [0.3, 0.4) is 0 Å². The minimum absolute atomic E-state index is 0. The molecule has 3 aromatic rings. The zero-order chi connectivity index (χ0) is 14.3. The Morgan fingerprint density at radius 1 is 1.05 bits per heavy atom. The first-order chi connectivity index (χ1) is 10.4. The van der Waals surface area contributed by atoms with E-state index in [1.165, 1.54) is 0 Å². The van der Waals surface area contributed by atoms with Gasteiger partial charge in [-0.1, -0.05) is 30.3 Å². The summed E-state index contributed by atoms with van der Waals surface area (Å²) in [5.74, 6) is 0.589. The van der Waals surface area contributed by atoms with Crippen LogP contribution in [0.4, 0.5) is 0 Å². The molecule has 0 N–H and O–H groups in total. The van der Waals surface area contributed by atoms with Gasteiger partial charge in [-0.3, -0.25) is 4.99 Å². The quantitative estimate of drug-likeness (QED) is 0.525. The summed E-state index contributed by atoms with van der Waals surface area (Å²) in [5.41, 5.74) is 1.87. The van der Waals surface area contributed by atoms with Gasteiger partial charge >= 0.3 is 0 Å². The minimum Gasteiger partial charge on any atom is -0.999 e. The molecule has 0 aliphatic carbocycles. The van der Waals surface area contributed by atoms with Crippen molar-refractivity contribution < 1.29 is 21.8 Å². The van der Waals surface area contributed by atoms with Crippen LogP contribution in [0.5, 0.6) is 0 Å². The summed E-state index contributed by atoms with van der Waals surface area (Å²) in [6.07, 6.45) is 0. The first kappa shape index (κ1) is 16.3. The first-order valence-corrected chi connectivity index (χ1v) is 6.41. The van der Waals surface area contributed by atoms with E-state index in [4.69, 9.17) is 4.74 Å². The Kier molecular flexibility index (Phi) is 6.20. The Bertz CT molecular complexity index is 640. The fourth-order valence-electron chi connectivity index (χ4n) is 1.86. The standard InChI is InChI=1S/C14H8NO.C5H.Fe/c1-2-6-11(7-3-1)13-10-16-14(15-13)12-8-4-5-9-12;1-2-4-5-3-1;/h1-3,6-7,13H,10H2;1H;/q2*-5;/t13-;;/m0../s1. The number of nitrogens with zero attached hydrogens (tertiary/aromatic N) is 1. The van der Waals surface area contributed by atoms with Crippen molar-refractivity contribution in [2.24, 2.45) is 4.99 Å². The van der Waals surface area contributed by atoms with Crippen molar-refractivity contribution in [1.82, 2.24) is 0 Å². The maximum absolute atomic E-state index is 5.51. The number of hydrogen-bond donors (Lipinski definition) is 0. The van der Waals surface area contributed by atoms with Gasteiger partial charge in [0, 0.05) is 17.1 Å². The smallest absolute Gasteiger partial charge is 0.112 e. The molecule has 22 heavy (non-hydrogen) atoms. The van der Waals surface area contributed by atoms with Crippen LogP contribution < -0.4 is 0 Å². The maximum Gasteiger partial charge on any atom is 0.112 e. The Labute approximate surface area is 141 Å². The molecule has 0 fully saturated rings. The molecule has 2 nitrogen and oxygen atoms in total. The van der Waals surface area contributed by atoms with Gasteiger partial charge in [-0.15, -0.1) is 0 Å². The Hall–Kier alpha value is -2.09. The molecule has 4 rings (SSSR count). The normalized spacial score (nSPS) is 15.8. The van der Waals surface area contributed by atoms with Gasteiger partial charge in [-0.25, -0.2) is 0 Å². The number of benzene rings is 1. The Balaban J connectivity index is 0.000000253. The van der Waals surface area contributed by atoms with E-state index in [0.717, 1.165) is 5.56 Å². The number of hydrogen-bond acceptors (Lipinski definition) is 2. The third-order valence-corrected chi connectivity index (χ3v) is 2.84. The molecule has 0 aromatic heterocycles. The SMILES string of the molecule is [Fe].[c-]1[c-][c-][c-](C2=N[C@H](c3ccccc3)CO2)[c-]1.[c-]1[c-][c-][cH-][c-]1. The van der Waals surface area contributed by atoms with E-state index in [-0.39, 0.29) is 23.1 Å². The van der Waals surface area contributed by atoms with Crippen molar-refractivity contribution in [3.8, 4) is 0 Å². The van der Waals surface area contributed by atoms with Gasteiger partial charge in [0.15, 0.2) is 0 Å². The summed E-state index contributed by atoms with van der Waals surface area (Å²) >= 11 is 0. The van der Waals surface area contributed by atoms with Gasteiger partial charge in [0.25, 0.3) is 0 Å². The summed E-state index contributed by atoms with van der Waals surface area (Å²) in [4.78, 5) is 4.49. The summed E-state index contributed by atoms with van der Waals surface area (Å²) in [7, 11) is 0. The van der Waals surface area contributed by atoms with Gasteiger partial charge in [0.1, 0.15) is 12.6 Å². The van der Waals surface area contributed by atoms with E-state index in [1.54, 1.807) is 6.07 Å². The molecule has 0 unspecified atom stereocenters.